The van der Waals surface area contributed by atoms with E-state index >= 15 is 0 Å². The number of nitrogens with two attached hydrogens (primary N) is 1. The Balaban J connectivity index is 3.01. The fraction of sp³-hybridized carbons (Fsp3) is 0.667. The van der Waals surface area contributed by atoms with Crippen molar-refractivity contribution in [2.24, 2.45) is 0 Å². The number of aromatic nitrogens is 3. The first kappa shape index (κ1) is 12.3. The van der Waals surface area contributed by atoms with Crippen LogP contribution in [0.15, 0.2) is 0 Å². The Bertz CT molecular complexity index is 356. The van der Waals surface area contributed by atoms with Gasteiger partial charge in [0.2, 0.25) is 0 Å². The third kappa shape index (κ3) is 2.62. The molecule has 7 heteroatoms. The van der Waals surface area contributed by atoms with Gasteiger partial charge in [-0.2, -0.15) is 0 Å². The number of anilines is 3. The molecule has 0 aliphatic carbocycles. The van der Waals surface area contributed by atoms with E-state index in [0.717, 1.165) is 13.0 Å². The van der Waals surface area contributed by atoms with Crippen LogP contribution in [-0.4, -0.2) is 30.1 Å². The lowest BCUT2D eigenvalue weighted by molar-refractivity contribution is -0.580. The Morgan fingerprint density at radius 3 is 2.69 bits per heavy atom. The normalized spacial score (nSPS) is 10.2. The van der Waals surface area contributed by atoms with Gasteiger partial charge in [0.1, 0.15) is 0 Å². The van der Waals surface area contributed by atoms with Crippen molar-refractivity contribution in [2.75, 3.05) is 36.1 Å². The minimum Gasteiger partial charge on any atom is -0.762 e. The zero-order valence-corrected chi connectivity index (χ0v) is 9.90. The predicted molar refractivity (Wildman–Crippen MR) is 63.1 cm³/mol. The van der Waals surface area contributed by atoms with Crippen LogP contribution in [-0.2, 0) is 0 Å². The fourth-order valence-corrected chi connectivity index (χ4v) is 1.08. The lowest BCUT2D eigenvalue weighted by Crippen LogP contribution is -2.38. The van der Waals surface area contributed by atoms with Crippen LogP contribution in [0.5, 0.6) is 0 Å². The van der Waals surface area contributed by atoms with E-state index in [1.807, 2.05) is 25.8 Å². The quantitative estimate of drug-likeness (QED) is 0.541. The van der Waals surface area contributed by atoms with Crippen molar-refractivity contribution in [3.63, 3.8) is 0 Å². The first-order valence-corrected chi connectivity index (χ1v) is 5.32. The second-order valence-corrected chi connectivity index (χ2v) is 3.44. The second kappa shape index (κ2) is 5.34. The Morgan fingerprint density at radius 1 is 1.44 bits per heavy atom. The first-order chi connectivity index (χ1) is 7.60. The molecule has 3 N–H and O–H groups in total. The van der Waals surface area contributed by atoms with Crippen LogP contribution in [0, 0.1) is 5.21 Å². The van der Waals surface area contributed by atoms with Gasteiger partial charge >= 0.3 is 17.8 Å². The highest BCUT2D eigenvalue weighted by Gasteiger charge is 2.15. The minimum atomic E-state index is -0.0936. The number of rotatable bonds is 5. The molecule has 1 heterocycles. The lowest BCUT2D eigenvalue weighted by atomic mass is 10.5. The van der Waals surface area contributed by atoms with Crippen molar-refractivity contribution in [2.45, 2.75) is 20.3 Å². The molecule has 0 amide bonds. The Labute approximate surface area is 94.9 Å². The molecule has 0 aliphatic rings. The van der Waals surface area contributed by atoms with Crippen LogP contribution in [0.4, 0.5) is 17.8 Å². The molecule has 0 aromatic carbocycles. The van der Waals surface area contributed by atoms with Gasteiger partial charge in [0.25, 0.3) is 0 Å². The number of nitrogen functional groups attached to an aromatic ring is 1. The molecule has 1 aromatic rings. The van der Waals surface area contributed by atoms with E-state index in [0.29, 0.717) is 17.2 Å². The molecule has 0 aliphatic heterocycles. The summed E-state index contributed by atoms with van der Waals surface area (Å²) in [5, 5.41) is 14.4. The zero-order valence-electron chi connectivity index (χ0n) is 9.90. The second-order valence-electron chi connectivity index (χ2n) is 3.44. The molecule has 0 fully saturated rings. The number of nitrogens with one attached hydrogen (secondary N) is 1. The molecule has 7 nitrogen and oxygen atoms in total. The summed E-state index contributed by atoms with van der Waals surface area (Å²) in [6.45, 7) is 5.40. The van der Waals surface area contributed by atoms with Crippen molar-refractivity contribution in [3.8, 4) is 0 Å². The largest absolute Gasteiger partial charge is 0.762 e. The summed E-state index contributed by atoms with van der Waals surface area (Å²) in [7, 11) is 1.84. The van der Waals surface area contributed by atoms with Crippen LogP contribution in [0.2, 0.25) is 0 Å². The average Bonchev–Trinajstić information content (AvgIpc) is 2.29. The van der Waals surface area contributed by atoms with Gasteiger partial charge < -0.3 is 21.2 Å². The summed E-state index contributed by atoms with van der Waals surface area (Å²) in [5.74, 6) is 0.555. The molecule has 0 saturated carbocycles. The molecule has 0 radical (unpaired) electrons. The van der Waals surface area contributed by atoms with E-state index in [4.69, 9.17) is 5.73 Å². The summed E-state index contributed by atoms with van der Waals surface area (Å²) in [4.78, 5) is 9.84. The average molecular weight is 226 g/mol. The van der Waals surface area contributed by atoms with E-state index in [1.165, 1.54) is 0 Å². The Hall–Kier alpha value is -1.79. The Morgan fingerprint density at radius 2 is 2.12 bits per heavy atom. The molecule has 1 aromatic heterocycles. The molecule has 0 spiro atoms. The minimum absolute atomic E-state index is 0.0936. The maximum atomic E-state index is 11.5. The van der Waals surface area contributed by atoms with E-state index in [1.54, 1.807) is 0 Å². The summed E-state index contributed by atoms with van der Waals surface area (Å²) in [5.41, 5.74) is 5.52. The maximum absolute atomic E-state index is 11.5. The SMILES string of the molecule is CCCNc1nc(N(C)CC)nc(N)[n+]1[O-]. The third-order valence-corrected chi connectivity index (χ3v) is 2.17. The van der Waals surface area contributed by atoms with Crippen molar-refractivity contribution < 1.29 is 4.73 Å². The third-order valence-electron chi connectivity index (χ3n) is 2.17. The van der Waals surface area contributed by atoms with Gasteiger partial charge in [-0.3, -0.25) is 0 Å². The van der Waals surface area contributed by atoms with Gasteiger partial charge in [-0.1, -0.05) is 16.9 Å². The van der Waals surface area contributed by atoms with Crippen molar-refractivity contribution in [3.05, 3.63) is 5.21 Å². The molecule has 0 bridgehead atoms. The monoisotopic (exact) mass is 226 g/mol. The maximum Gasteiger partial charge on any atom is 0.323 e. The van der Waals surface area contributed by atoms with E-state index in [-0.39, 0.29) is 11.9 Å². The molecule has 0 atom stereocenters. The van der Waals surface area contributed by atoms with Gasteiger partial charge in [0.15, 0.2) is 0 Å². The summed E-state index contributed by atoms with van der Waals surface area (Å²) < 4.78 is 0.503. The van der Waals surface area contributed by atoms with Gasteiger partial charge in [-0.15, -0.1) is 0 Å². The van der Waals surface area contributed by atoms with Crippen molar-refractivity contribution in [1.29, 1.82) is 0 Å². The topological polar surface area (TPSA) is 94.0 Å². The van der Waals surface area contributed by atoms with Crippen LogP contribution >= 0.6 is 0 Å². The van der Waals surface area contributed by atoms with Crippen LogP contribution in [0.1, 0.15) is 20.3 Å². The van der Waals surface area contributed by atoms with Gasteiger partial charge in [0, 0.05) is 20.1 Å². The lowest BCUT2D eigenvalue weighted by Gasteiger charge is -2.16. The van der Waals surface area contributed by atoms with Crippen molar-refractivity contribution in [1.82, 2.24) is 9.97 Å². The summed E-state index contributed by atoms with van der Waals surface area (Å²) in [6.07, 6.45) is 0.906. The first-order valence-electron chi connectivity index (χ1n) is 5.32. The predicted octanol–water partition coefficient (Wildman–Crippen LogP) is -0.0298. The highest BCUT2D eigenvalue weighted by molar-refractivity contribution is 5.36. The highest BCUT2D eigenvalue weighted by atomic mass is 16.5. The molecular weight excluding hydrogens is 208 g/mol. The molecule has 90 valence electrons. The summed E-state index contributed by atoms with van der Waals surface area (Å²) >= 11 is 0. The van der Waals surface area contributed by atoms with Gasteiger partial charge in [0.05, 0.1) is 0 Å². The van der Waals surface area contributed by atoms with E-state index < -0.39 is 0 Å². The molecule has 0 saturated heterocycles. The van der Waals surface area contributed by atoms with Crippen LogP contribution in [0.3, 0.4) is 0 Å². The van der Waals surface area contributed by atoms with Crippen LogP contribution in [0.25, 0.3) is 0 Å². The molecule has 16 heavy (non-hydrogen) atoms. The Kier molecular flexibility index (Phi) is 4.10. The van der Waals surface area contributed by atoms with Gasteiger partial charge in [-0.05, 0) is 13.3 Å². The standard InChI is InChI=1S/C9H18N6O/c1-4-6-11-8-13-9(14(3)5-2)12-7(10)15(8)16/h4-6H2,1-3H3,(H3,10,11,12,13). The molecular formula is C9H18N6O. The van der Waals surface area contributed by atoms with E-state index in [2.05, 4.69) is 15.3 Å². The zero-order chi connectivity index (χ0) is 12.1. The molecule has 0 unspecified atom stereocenters. The van der Waals surface area contributed by atoms with Crippen molar-refractivity contribution >= 4 is 17.8 Å². The smallest absolute Gasteiger partial charge is 0.323 e. The van der Waals surface area contributed by atoms with Crippen LogP contribution < -0.4 is 20.7 Å². The summed E-state index contributed by atoms with van der Waals surface area (Å²) in [6, 6.07) is 0. The van der Waals surface area contributed by atoms with E-state index in [9.17, 15) is 5.21 Å². The highest BCUT2D eigenvalue weighted by Crippen LogP contribution is 2.08. The fourth-order valence-electron chi connectivity index (χ4n) is 1.08. The number of hydrogen-bond acceptors (Lipinski definition) is 6. The number of hydrogen-bond donors (Lipinski definition) is 2. The molecule has 1 rings (SSSR count). The number of nitrogens with zero attached hydrogens (tertiary/aromatic N) is 4. The van der Waals surface area contributed by atoms with Gasteiger partial charge in [-0.25, -0.2) is 4.73 Å².